The Hall–Kier alpha value is -2.24. The fraction of sp³-hybridized carbons (Fsp3) is 0.391. The first kappa shape index (κ1) is 24.0. The van der Waals surface area contributed by atoms with Gasteiger partial charge in [0, 0.05) is 28.7 Å². The molecule has 2 aromatic carbocycles. The monoisotopic (exact) mass is 450 g/mol. The first-order valence-corrected chi connectivity index (χ1v) is 10.9. The molecule has 0 bridgehead atoms. The third kappa shape index (κ3) is 6.92. The summed E-state index contributed by atoms with van der Waals surface area (Å²) in [5.74, 6) is 0.0801. The van der Waals surface area contributed by atoms with Gasteiger partial charge in [0.2, 0.25) is 5.91 Å². The number of unbranched alkanes of at least 4 members (excludes halogenated alkanes) is 1. The Morgan fingerprint density at radius 2 is 1.70 bits per heavy atom. The number of benzene rings is 2. The number of hydrogen-bond donors (Lipinski definition) is 1. The van der Waals surface area contributed by atoms with Crippen LogP contribution in [0.3, 0.4) is 0 Å². The lowest BCUT2D eigenvalue weighted by Gasteiger charge is -2.31. The maximum absolute atomic E-state index is 13.1. The summed E-state index contributed by atoms with van der Waals surface area (Å²) in [6.07, 6.45) is 2.31. The highest BCUT2D eigenvalue weighted by Crippen LogP contribution is 2.27. The highest BCUT2D eigenvalue weighted by atomic mass is 35.5. The number of para-hydroxylation sites is 1. The standard InChI is InChI=1S/C23H28Cl2N2O3/c1-3-5-14-26-23(29)21(4-2)27(15-18-19(24)12-9-13-20(18)25)22(28)16-30-17-10-7-6-8-11-17/h6-13,21H,3-5,14-16H2,1-2H3,(H,26,29)/t21-/m1/s1. The second-order valence-corrected chi connectivity index (χ2v) is 7.71. The van der Waals surface area contributed by atoms with Crippen molar-refractivity contribution in [2.24, 2.45) is 0 Å². The van der Waals surface area contributed by atoms with Gasteiger partial charge in [-0.2, -0.15) is 0 Å². The summed E-state index contributed by atoms with van der Waals surface area (Å²) >= 11 is 12.7. The number of rotatable bonds is 11. The van der Waals surface area contributed by atoms with Crippen LogP contribution < -0.4 is 10.1 Å². The molecular weight excluding hydrogens is 423 g/mol. The smallest absolute Gasteiger partial charge is 0.261 e. The zero-order valence-corrected chi connectivity index (χ0v) is 18.9. The van der Waals surface area contributed by atoms with Crippen molar-refractivity contribution in [3.63, 3.8) is 0 Å². The second kappa shape index (κ2) is 12.5. The zero-order chi connectivity index (χ0) is 21.9. The molecule has 0 aliphatic heterocycles. The van der Waals surface area contributed by atoms with E-state index in [-0.39, 0.29) is 25.0 Å². The van der Waals surface area contributed by atoms with Gasteiger partial charge in [0.1, 0.15) is 11.8 Å². The van der Waals surface area contributed by atoms with E-state index in [1.165, 1.54) is 4.90 Å². The summed E-state index contributed by atoms with van der Waals surface area (Å²) in [5.41, 5.74) is 0.605. The van der Waals surface area contributed by atoms with Crippen molar-refractivity contribution in [1.29, 1.82) is 0 Å². The summed E-state index contributed by atoms with van der Waals surface area (Å²) in [4.78, 5) is 27.4. The second-order valence-electron chi connectivity index (χ2n) is 6.89. The Labute approximate surface area is 188 Å². The normalized spacial score (nSPS) is 11.6. The van der Waals surface area contributed by atoms with Crippen molar-refractivity contribution in [3.8, 4) is 5.75 Å². The van der Waals surface area contributed by atoms with Gasteiger partial charge in [-0.25, -0.2) is 0 Å². The third-order valence-electron chi connectivity index (χ3n) is 4.71. The van der Waals surface area contributed by atoms with E-state index >= 15 is 0 Å². The summed E-state index contributed by atoms with van der Waals surface area (Å²) in [5, 5.41) is 3.82. The van der Waals surface area contributed by atoms with Crippen molar-refractivity contribution in [3.05, 3.63) is 64.1 Å². The van der Waals surface area contributed by atoms with Gasteiger partial charge in [0.15, 0.2) is 6.61 Å². The van der Waals surface area contributed by atoms with Gasteiger partial charge in [-0.15, -0.1) is 0 Å². The van der Waals surface area contributed by atoms with Crippen LogP contribution in [0.1, 0.15) is 38.7 Å². The van der Waals surface area contributed by atoms with Crippen LogP contribution in [0.5, 0.6) is 5.75 Å². The molecule has 0 spiro atoms. The number of nitrogens with one attached hydrogen (secondary N) is 1. The Balaban J connectivity index is 2.23. The first-order chi connectivity index (χ1) is 14.5. The predicted molar refractivity (Wildman–Crippen MR) is 121 cm³/mol. The molecule has 0 heterocycles. The lowest BCUT2D eigenvalue weighted by atomic mass is 10.1. The average Bonchev–Trinajstić information content (AvgIpc) is 2.75. The van der Waals surface area contributed by atoms with Crippen molar-refractivity contribution in [2.75, 3.05) is 13.2 Å². The topological polar surface area (TPSA) is 58.6 Å². The fourth-order valence-corrected chi connectivity index (χ4v) is 3.54. The molecule has 1 atom stereocenters. The molecule has 0 aliphatic rings. The number of amides is 2. The van der Waals surface area contributed by atoms with Gasteiger partial charge >= 0.3 is 0 Å². The maximum atomic E-state index is 13.1. The summed E-state index contributed by atoms with van der Waals surface area (Å²) in [7, 11) is 0. The molecule has 0 aliphatic carbocycles. The molecule has 0 saturated heterocycles. The van der Waals surface area contributed by atoms with Crippen molar-refractivity contribution in [1.82, 2.24) is 10.2 Å². The maximum Gasteiger partial charge on any atom is 0.261 e. The van der Waals surface area contributed by atoms with Gasteiger partial charge in [-0.3, -0.25) is 9.59 Å². The van der Waals surface area contributed by atoms with E-state index in [1.807, 2.05) is 25.1 Å². The van der Waals surface area contributed by atoms with Crippen LogP contribution in [-0.2, 0) is 16.1 Å². The average molecular weight is 451 g/mol. The van der Waals surface area contributed by atoms with Gasteiger partial charge in [0.25, 0.3) is 5.91 Å². The summed E-state index contributed by atoms with van der Waals surface area (Å²) in [6.45, 7) is 4.43. The molecule has 5 nitrogen and oxygen atoms in total. The van der Waals surface area contributed by atoms with Crippen LogP contribution in [-0.4, -0.2) is 35.9 Å². The zero-order valence-electron chi connectivity index (χ0n) is 17.4. The molecule has 0 radical (unpaired) electrons. The molecule has 0 aromatic heterocycles. The number of carbonyl (C=O) groups excluding carboxylic acids is 2. The van der Waals surface area contributed by atoms with Gasteiger partial charge in [0.05, 0.1) is 0 Å². The van der Waals surface area contributed by atoms with E-state index in [0.29, 0.717) is 34.3 Å². The molecule has 7 heteroatoms. The molecule has 162 valence electrons. The summed E-state index contributed by atoms with van der Waals surface area (Å²) in [6, 6.07) is 13.6. The quantitative estimate of drug-likeness (QED) is 0.484. The van der Waals surface area contributed by atoms with Crippen LogP contribution in [0.25, 0.3) is 0 Å². The van der Waals surface area contributed by atoms with Crippen LogP contribution in [0.2, 0.25) is 10.0 Å². The number of ether oxygens (including phenoxy) is 1. The van der Waals surface area contributed by atoms with Gasteiger partial charge in [-0.1, -0.05) is 67.7 Å². The molecule has 0 unspecified atom stereocenters. The SMILES string of the molecule is CCCCNC(=O)[C@@H](CC)N(Cc1c(Cl)cccc1Cl)C(=O)COc1ccccc1. The van der Waals surface area contributed by atoms with Gasteiger partial charge in [-0.05, 0) is 37.1 Å². The molecule has 1 N–H and O–H groups in total. The molecular formula is C23H28Cl2N2O3. The minimum atomic E-state index is -0.652. The Morgan fingerprint density at radius 3 is 2.30 bits per heavy atom. The molecule has 0 fully saturated rings. The lowest BCUT2D eigenvalue weighted by molar-refractivity contribution is -0.143. The highest BCUT2D eigenvalue weighted by molar-refractivity contribution is 6.36. The minimum absolute atomic E-state index is 0.120. The molecule has 2 rings (SSSR count). The van der Waals surface area contributed by atoms with E-state index in [2.05, 4.69) is 12.2 Å². The number of halogens is 2. The van der Waals surface area contributed by atoms with Crippen LogP contribution in [0, 0.1) is 0 Å². The van der Waals surface area contributed by atoms with Crippen molar-refractivity contribution in [2.45, 2.75) is 45.7 Å². The summed E-state index contributed by atoms with van der Waals surface area (Å²) < 4.78 is 5.63. The molecule has 0 saturated carbocycles. The van der Waals surface area contributed by atoms with Crippen LogP contribution >= 0.6 is 23.2 Å². The molecule has 2 aromatic rings. The Bertz CT molecular complexity index is 810. The first-order valence-electron chi connectivity index (χ1n) is 10.2. The van der Waals surface area contributed by atoms with Crippen molar-refractivity contribution < 1.29 is 14.3 Å². The van der Waals surface area contributed by atoms with E-state index in [1.54, 1.807) is 30.3 Å². The van der Waals surface area contributed by atoms with Crippen LogP contribution in [0.15, 0.2) is 48.5 Å². The molecule has 2 amide bonds. The van der Waals surface area contributed by atoms with Crippen LogP contribution in [0.4, 0.5) is 0 Å². The number of carbonyl (C=O) groups is 2. The van der Waals surface area contributed by atoms with E-state index in [0.717, 1.165) is 12.8 Å². The number of nitrogens with zero attached hydrogens (tertiary/aromatic N) is 1. The minimum Gasteiger partial charge on any atom is -0.484 e. The fourth-order valence-electron chi connectivity index (χ4n) is 3.02. The van der Waals surface area contributed by atoms with Gasteiger partial charge < -0.3 is 15.0 Å². The third-order valence-corrected chi connectivity index (χ3v) is 5.42. The van der Waals surface area contributed by atoms with E-state index in [9.17, 15) is 9.59 Å². The van der Waals surface area contributed by atoms with Crippen molar-refractivity contribution >= 4 is 35.0 Å². The highest BCUT2D eigenvalue weighted by Gasteiger charge is 2.29. The predicted octanol–water partition coefficient (Wildman–Crippen LogP) is 5.10. The number of hydrogen-bond acceptors (Lipinski definition) is 3. The van der Waals surface area contributed by atoms with E-state index < -0.39 is 6.04 Å². The largest absolute Gasteiger partial charge is 0.484 e. The molecule has 30 heavy (non-hydrogen) atoms. The lowest BCUT2D eigenvalue weighted by Crippen LogP contribution is -2.50. The Kier molecular flexibility index (Phi) is 9.98. The van der Waals surface area contributed by atoms with E-state index in [4.69, 9.17) is 27.9 Å². The Morgan fingerprint density at radius 1 is 1.03 bits per heavy atom.